The summed E-state index contributed by atoms with van der Waals surface area (Å²) < 4.78 is 5.38. The number of benzene rings is 2. The fraction of sp³-hybridized carbons (Fsp3) is 0.222. The van der Waals surface area contributed by atoms with Gasteiger partial charge in [0.05, 0.1) is 11.1 Å². The molecule has 0 radical (unpaired) electrons. The third kappa shape index (κ3) is 4.79. The molecule has 8 heteroatoms. The highest BCUT2D eigenvalue weighted by Gasteiger charge is 2.12. The van der Waals surface area contributed by atoms with Crippen molar-refractivity contribution in [1.82, 2.24) is 5.43 Å². The Hall–Kier alpha value is -3.42. The second-order valence-electron chi connectivity index (χ2n) is 5.79. The van der Waals surface area contributed by atoms with Crippen molar-refractivity contribution in [3.05, 3.63) is 62.7 Å². The fourth-order valence-electron chi connectivity index (χ4n) is 2.15. The topological polar surface area (TPSA) is 114 Å². The molecule has 0 heterocycles. The zero-order valence-electron chi connectivity index (χ0n) is 14.6. The Kier molecular flexibility index (Phi) is 5.90. The van der Waals surface area contributed by atoms with Crippen LogP contribution in [0, 0.1) is 30.9 Å². The number of ether oxygens (including phenoxy) is 1. The predicted octanol–water partition coefficient (Wildman–Crippen LogP) is 2.75. The minimum Gasteiger partial charge on any atom is -0.507 e. The van der Waals surface area contributed by atoms with Crippen LogP contribution >= 0.6 is 0 Å². The van der Waals surface area contributed by atoms with Gasteiger partial charge in [0.15, 0.2) is 6.61 Å². The Morgan fingerprint density at radius 3 is 2.62 bits per heavy atom. The molecule has 0 aromatic heterocycles. The van der Waals surface area contributed by atoms with E-state index in [0.29, 0.717) is 11.3 Å². The molecule has 0 saturated heterocycles. The maximum absolute atomic E-state index is 11.8. The number of hydrogen-bond donors (Lipinski definition) is 2. The lowest BCUT2D eigenvalue weighted by Crippen LogP contribution is -2.24. The van der Waals surface area contributed by atoms with Crippen molar-refractivity contribution in [2.75, 3.05) is 6.61 Å². The van der Waals surface area contributed by atoms with Gasteiger partial charge in [0.2, 0.25) is 0 Å². The number of nitrogens with zero attached hydrogens (tertiary/aromatic N) is 2. The van der Waals surface area contributed by atoms with Crippen molar-refractivity contribution in [3.63, 3.8) is 0 Å². The standard InChI is InChI=1S/C18H19N3O5/c1-11-4-5-16(7-12(11)2)26-10-17(22)20-19-9-14-8-15(21(24)25)6-13(3)18(14)23/h4-9,23H,10H2,1-3H3,(H,20,22)/b19-9-. The highest BCUT2D eigenvalue weighted by molar-refractivity contribution is 5.87. The van der Waals surface area contributed by atoms with Crippen LogP contribution in [0.15, 0.2) is 35.4 Å². The maximum Gasteiger partial charge on any atom is 0.277 e. The maximum atomic E-state index is 11.8. The molecule has 0 saturated carbocycles. The van der Waals surface area contributed by atoms with Gasteiger partial charge in [-0.15, -0.1) is 0 Å². The van der Waals surface area contributed by atoms with E-state index < -0.39 is 10.8 Å². The Bertz CT molecular complexity index is 877. The number of amides is 1. The van der Waals surface area contributed by atoms with Crippen molar-refractivity contribution in [3.8, 4) is 11.5 Å². The van der Waals surface area contributed by atoms with Gasteiger partial charge in [-0.3, -0.25) is 14.9 Å². The molecule has 0 fully saturated rings. The molecule has 0 unspecified atom stereocenters. The number of nitro groups is 1. The zero-order chi connectivity index (χ0) is 19.3. The van der Waals surface area contributed by atoms with Gasteiger partial charge in [-0.1, -0.05) is 6.07 Å². The molecule has 26 heavy (non-hydrogen) atoms. The normalized spacial score (nSPS) is 10.7. The highest BCUT2D eigenvalue weighted by atomic mass is 16.6. The van der Waals surface area contributed by atoms with Crippen LogP contribution in [0.25, 0.3) is 0 Å². The van der Waals surface area contributed by atoms with Crippen molar-refractivity contribution < 1.29 is 19.6 Å². The van der Waals surface area contributed by atoms with Gasteiger partial charge < -0.3 is 9.84 Å². The van der Waals surface area contributed by atoms with Crippen LogP contribution in [0.3, 0.4) is 0 Å². The summed E-state index contributed by atoms with van der Waals surface area (Å²) in [5.41, 5.74) is 4.72. The van der Waals surface area contributed by atoms with Crippen LogP contribution in [-0.2, 0) is 4.79 Å². The lowest BCUT2D eigenvalue weighted by atomic mass is 10.1. The number of phenolic OH excluding ortho intramolecular Hbond substituents is 1. The van der Waals surface area contributed by atoms with Gasteiger partial charge in [0.1, 0.15) is 11.5 Å². The lowest BCUT2D eigenvalue weighted by Gasteiger charge is -2.07. The first-order valence-electron chi connectivity index (χ1n) is 7.78. The van der Waals surface area contributed by atoms with E-state index in [-0.39, 0.29) is 23.6 Å². The molecule has 1 amide bonds. The number of nitrogens with one attached hydrogen (secondary N) is 1. The van der Waals surface area contributed by atoms with E-state index in [4.69, 9.17) is 4.74 Å². The number of aromatic hydroxyl groups is 1. The SMILES string of the molecule is Cc1ccc(OCC(=O)N/N=C\c2cc([N+](=O)[O-])cc(C)c2O)cc1C. The number of carbonyl (C=O) groups is 1. The summed E-state index contributed by atoms with van der Waals surface area (Å²) in [5, 5.41) is 24.5. The summed E-state index contributed by atoms with van der Waals surface area (Å²) in [4.78, 5) is 22.1. The molecular formula is C18H19N3O5. The van der Waals surface area contributed by atoms with Crippen molar-refractivity contribution in [2.45, 2.75) is 20.8 Å². The van der Waals surface area contributed by atoms with E-state index in [2.05, 4.69) is 10.5 Å². The Balaban J connectivity index is 1.96. The van der Waals surface area contributed by atoms with E-state index in [1.165, 1.54) is 19.1 Å². The predicted molar refractivity (Wildman–Crippen MR) is 96.6 cm³/mol. The van der Waals surface area contributed by atoms with E-state index in [1.54, 1.807) is 6.07 Å². The summed E-state index contributed by atoms with van der Waals surface area (Å²) >= 11 is 0. The number of rotatable bonds is 6. The van der Waals surface area contributed by atoms with Crippen LogP contribution in [0.1, 0.15) is 22.3 Å². The molecule has 0 bridgehead atoms. The van der Waals surface area contributed by atoms with Gasteiger partial charge in [0.25, 0.3) is 11.6 Å². The molecule has 0 aliphatic rings. The number of nitro benzene ring substituents is 1. The van der Waals surface area contributed by atoms with E-state index in [9.17, 15) is 20.0 Å². The minimum atomic E-state index is -0.570. The van der Waals surface area contributed by atoms with Gasteiger partial charge in [-0.05, 0) is 49.6 Å². The quantitative estimate of drug-likeness (QED) is 0.469. The largest absolute Gasteiger partial charge is 0.507 e. The Morgan fingerprint density at radius 2 is 1.96 bits per heavy atom. The average Bonchev–Trinajstić information content (AvgIpc) is 2.59. The number of hydrazone groups is 1. The molecule has 8 nitrogen and oxygen atoms in total. The number of hydrogen-bond acceptors (Lipinski definition) is 6. The molecule has 136 valence electrons. The number of aryl methyl sites for hydroxylation is 3. The summed E-state index contributed by atoms with van der Waals surface area (Å²) in [6, 6.07) is 7.92. The van der Waals surface area contributed by atoms with Crippen molar-refractivity contribution in [2.24, 2.45) is 5.10 Å². The average molecular weight is 357 g/mol. The number of non-ortho nitro benzene ring substituents is 1. The van der Waals surface area contributed by atoms with Crippen molar-refractivity contribution in [1.29, 1.82) is 0 Å². The molecule has 0 aliphatic carbocycles. The first kappa shape index (κ1) is 18.9. The first-order valence-corrected chi connectivity index (χ1v) is 7.78. The third-order valence-electron chi connectivity index (χ3n) is 3.77. The van der Waals surface area contributed by atoms with E-state index >= 15 is 0 Å². The smallest absolute Gasteiger partial charge is 0.277 e. The van der Waals surface area contributed by atoms with Crippen LogP contribution in [-0.4, -0.2) is 28.8 Å². The van der Waals surface area contributed by atoms with Crippen LogP contribution in [0.4, 0.5) is 5.69 Å². The third-order valence-corrected chi connectivity index (χ3v) is 3.77. The minimum absolute atomic E-state index is 0.132. The molecule has 0 aliphatic heterocycles. The molecule has 0 spiro atoms. The molecule has 2 N–H and O–H groups in total. The second kappa shape index (κ2) is 8.11. The van der Waals surface area contributed by atoms with Crippen LogP contribution < -0.4 is 10.2 Å². The monoisotopic (exact) mass is 357 g/mol. The number of phenols is 1. The first-order chi connectivity index (χ1) is 12.3. The fourth-order valence-corrected chi connectivity index (χ4v) is 2.15. The molecule has 2 aromatic carbocycles. The number of carbonyl (C=O) groups excluding carboxylic acids is 1. The van der Waals surface area contributed by atoms with E-state index in [0.717, 1.165) is 17.3 Å². The molecule has 2 rings (SSSR count). The highest BCUT2D eigenvalue weighted by Crippen LogP contribution is 2.26. The van der Waals surface area contributed by atoms with Gasteiger partial charge >= 0.3 is 0 Å². The molecular weight excluding hydrogens is 338 g/mol. The molecule has 2 aromatic rings. The van der Waals surface area contributed by atoms with Crippen molar-refractivity contribution >= 4 is 17.8 Å². The second-order valence-corrected chi connectivity index (χ2v) is 5.79. The summed E-state index contributed by atoms with van der Waals surface area (Å²) in [5.74, 6) is -0.0692. The Morgan fingerprint density at radius 1 is 1.23 bits per heavy atom. The zero-order valence-corrected chi connectivity index (χ0v) is 14.6. The van der Waals surface area contributed by atoms with E-state index in [1.807, 2.05) is 26.0 Å². The summed E-state index contributed by atoms with van der Waals surface area (Å²) in [6.45, 7) is 5.22. The summed E-state index contributed by atoms with van der Waals surface area (Å²) in [7, 11) is 0. The Labute approximate surface area is 150 Å². The summed E-state index contributed by atoms with van der Waals surface area (Å²) in [6.07, 6.45) is 1.14. The van der Waals surface area contributed by atoms with Crippen LogP contribution in [0.2, 0.25) is 0 Å². The lowest BCUT2D eigenvalue weighted by molar-refractivity contribution is -0.384. The van der Waals surface area contributed by atoms with Gasteiger partial charge in [0, 0.05) is 17.7 Å². The van der Waals surface area contributed by atoms with Gasteiger partial charge in [-0.25, -0.2) is 5.43 Å². The van der Waals surface area contributed by atoms with Gasteiger partial charge in [-0.2, -0.15) is 5.10 Å². The molecule has 0 atom stereocenters. The van der Waals surface area contributed by atoms with Crippen LogP contribution in [0.5, 0.6) is 11.5 Å².